The molecule has 0 aromatic carbocycles. The van der Waals surface area contributed by atoms with Crippen LogP contribution in [0.15, 0.2) is 12.2 Å². The summed E-state index contributed by atoms with van der Waals surface area (Å²) >= 11 is 0. The molecule has 0 aliphatic carbocycles. The first-order chi connectivity index (χ1) is 25.3. The minimum Gasteiger partial charge on any atom is -0.462 e. The molecule has 52 heavy (non-hydrogen) atoms. The van der Waals surface area contributed by atoms with Crippen molar-refractivity contribution in [1.82, 2.24) is 0 Å². The molecule has 0 aliphatic rings. The predicted octanol–water partition coefficient (Wildman–Crippen LogP) is 13.4. The van der Waals surface area contributed by atoms with Crippen LogP contribution < -0.4 is 0 Å². The lowest BCUT2D eigenvalue weighted by molar-refractivity contribution is -0.161. The van der Waals surface area contributed by atoms with Crippen molar-refractivity contribution >= 4 is 19.8 Å². The van der Waals surface area contributed by atoms with E-state index in [4.69, 9.17) is 19.3 Å². The van der Waals surface area contributed by atoms with E-state index in [1.165, 1.54) is 167 Å². The van der Waals surface area contributed by atoms with E-state index in [9.17, 15) is 14.2 Å². The molecular weight excluding hydrogens is 675 g/mol. The Labute approximate surface area is 320 Å². The molecule has 0 spiro atoms. The van der Waals surface area contributed by atoms with E-state index in [1.807, 2.05) is 0 Å². The standard InChI is InChI=1S/C43H83O8P/c1-3-5-7-9-11-13-15-17-19-20-21-22-24-25-27-29-31-33-35-37-42(44)49-39-41(40-50-52(46,47)48)51-43(45)38-36-34-32-30-28-26-23-18-16-14-12-10-8-6-4-2/h17,19,41H,3-16,18,20-40H2,1-2H3,(H2,46,47,48)/b19-17-/t41-/m1/s1. The van der Waals surface area contributed by atoms with Gasteiger partial charge in [-0.2, -0.15) is 0 Å². The van der Waals surface area contributed by atoms with Gasteiger partial charge in [0.15, 0.2) is 6.10 Å². The quantitative estimate of drug-likeness (QED) is 0.0274. The summed E-state index contributed by atoms with van der Waals surface area (Å²) in [5, 5.41) is 0. The Balaban J connectivity index is 3.85. The Kier molecular flexibility index (Phi) is 38.6. The lowest BCUT2D eigenvalue weighted by atomic mass is 10.0. The largest absolute Gasteiger partial charge is 0.469 e. The van der Waals surface area contributed by atoms with E-state index in [2.05, 4.69) is 30.5 Å². The Morgan fingerprint density at radius 1 is 0.481 bits per heavy atom. The van der Waals surface area contributed by atoms with Gasteiger partial charge in [0.05, 0.1) is 6.61 Å². The van der Waals surface area contributed by atoms with Crippen molar-refractivity contribution in [2.24, 2.45) is 0 Å². The first kappa shape index (κ1) is 50.8. The summed E-state index contributed by atoms with van der Waals surface area (Å²) in [7, 11) is -4.75. The number of carbonyl (C=O) groups is 2. The molecule has 0 aromatic rings. The van der Waals surface area contributed by atoms with Gasteiger partial charge in [-0.3, -0.25) is 14.1 Å². The molecular formula is C43H83O8P. The average Bonchev–Trinajstić information content (AvgIpc) is 3.11. The number of carbonyl (C=O) groups excluding carboxylic acids is 2. The van der Waals surface area contributed by atoms with Crippen LogP contribution in [0.25, 0.3) is 0 Å². The maximum Gasteiger partial charge on any atom is 0.469 e. The van der Waals surface area contributed by atoms with Crippen molar-refractivity contribution in [2.45, 2.75) is 238 Å². The lowest BCUT2D eigenvalue weighted by Crippen LogP contribution is -2.29. The van der Waals surface area contributed by atoms with Gasteiger partial charge in [-0.1, -0.05) is 193 Å². The molecule has 0 fully saturated rings. The zero-order chi connectivity index (χ0) is 38.2. The van der Waals surface area contributed by atoms with Gasteiger partial charge >= 0.3 is 19.8 Å². The minimum absolute atomic E-state index is 0.218. The van der Waals surface area contributed by atoms with Crippen molar-refractivity contribution in [3.63, 3.8) is 0 Å². The molecule has 0 saturated heterocycles. The highest BCUT2D eigenvalue weighted by molar-refractivity contribution is 7.46. The van der Waals surface area contributed by atoms with Crippen LogP contribution in [-0.4, -0.2) is 41.0 Å². The molecule has 0 saturated carbocycles. The van der Waals surface area contributed by atoms with Crippen LogP contribution in [0.5, 0.6) is 0 Å². The third-order valence-corrected chi connectivity index (χ3v) is 10.3. The molecule has 0 aliphatic heterocycles. The van der Waals surface area contributed by atoms with Gasteiger partial charge in [-0.05, 0) is 38.5 Å². The number of hydrogen-bond acceptors (Lipinski definition) is 6. The Morgan fingerprint density at radius 3 is 1.17 bits per heavy atom. The number of phosphoric ester groups is 1. The fourth-order valence-corrected chi connectivity index (χ4v) is 6.85. The van der Waals surface area contributed by atoms with E-state index < -0.39 is 32.5 Å². The van der Waals surface area contributed by atoms with Gasteiger partial charge in [-0.25, -0.2) is 4.57 Å². The second-order valence-electron chi connectivity index (χ2n) is 15.0. The van der Waals surface area contributed by atoms with Crippen LogP contribution in [0.3, 0.4) is 0 Å². The van der Waals surface area contributed by atoms with Crippen LogP contribution in [0.4, 0.5) is 0 Å². The number of hydrogen-bond donors (Lipinski definition) is 2. The molecule has 0 rings (SSSR count). The molecule has 0 heterocycles. The van der Waals surface area contributed by atoms with Gasteiger partial charge in [-0.15, -0.1) is 0 Å². The third kappa shape index (κ3) is 41.5. The molecule has 1 atom stereocenters. The molecule has 0 unspecified atom stereocenters. The highest BCUT2D eigenvalue weighted by Gasteiger charge is 2.22. The second kappa shape index (κ2) is 39.5. The Bertz CT molecular complexity index is 858. The summed E-state index contributed by atoms with van der Waals surface area (Å²) in [6, 6.07) is 0. The van der Waals surface area contributed by atoms with E-state index >= 15 is 0 Å². The molecule has 2 N–H and O–H groups in total. The fourth-order valence-electron chi connectivity index (χ4n) is 6.49. The number of phosphoric acid groups is 1. The van der Waals surface area contributed by atoms with Gasteiger partial charge in [0.25, 0.3) is 0 Å². The maximum absolute atomic E-state index is 12.4. The third-order valence-electron chi connectivity index (χ3n) is 9.78. The highest BCUT2D eigenvalue weighted by Crippen LogP contribution is 2.36. The number of ether oxygens (including phenoxy) is 2. The summed E-state index contributed by atoms with van der Waals surface area (Å²) in [6.07, 6.45) is 43.6. The zero-order valence-electron chi connectivity index (χ0n) is 34.0. The first-order valence-electron chi connectivity index (χ1n) is 22.0. The smallest absolute Gasteiger partial charge is 0.462 e. The molecule has 8 nitrogen and oxygen atoms in total. The molecule has 0 radical (unpaired) electrons. The molecule has 9 heteroatoms. The van der Waals surface area contributed by atoms with Gasteiger partial charge in [0, 0.05) is 12.8 Å². The monoisotopic (exact) mass is 759 g/mol. The molecule has 308 valence electrons. The second-order valence-corrected chi connectivity index (χ2v) is 16.3. The van der Waals surface area contributed by atoms with Crippen LogP contribution in [0.2, 0.25) is 0 Å². The number of allylic oxidation sites excluding steroid dienone is 2. The van der Waals surface area contributed by atoms with Gasteiger partial charge < -0.3 is 19.3 Å². The summed E-state index contributed by atoms with van der Waals surface area (Å²) in [5.74, 6) is -0.874. The topological polar surface area (TPSA) is 119 Å². The van der Waals surface area contributed by atoms with Crippen LogP contribution in [0.1, 0.15) is 232 Å². The number of rotatable bonds is 41. The van der Waals surface area contributed by atoms with Gasteiger partial charge in [0.2, 0.25) is 0 Å². The average molecular weight is 759 g/mol. The maximum atomic E-state index is 12.4. The van der Waals surface area contributed by atoms with Crippen molar-refractivity contribution in [3.8, 4) is 0 Å². The number of unbranched alkanes of at least 4 members (excludes halogenated alkanes) is 29. The zero-order valence-corrected chi connectivity index (χ0v) is 34.9. The first-order valence-corrected chi connectivity index (χ1v) is 23.5. The fraction of sp³-hybridized carbons (Fsp3) is 0.907. The van der Waals surface area contributed by atoms with Crippen LogP contribution in [0, 0.1) is 0 Å². The normalized spacial score (nSPS) is 12.5. The van der Waals surface area contributed by atoms with Gasteiger partial charge in [0.1, 0.15) is 6.61 Å². The predicted molar refractivity (Wildman–Crippen MR) is 216 cm³/mol. The molecule has 0 amide bonds. The van der Waals surface area contributed by atoms with E-state index in [0.717, 1.165) is 32.1 Å². The summed E-state index contributed by atoms with van der Waals surface area (Å²) in [4.78, 5) is 42.9. The SMILES string of the molecule is CCCCCCCC/C=C\CCCCCCCCCCCC(=O)OC[C@H](COP(=O)(O)O)OC(=O)CCCCCCCCCCCCCCCCC. The van der Waals surface area contributed by atoms with Crippen molar-refractivity contribution in [3.05, 3.63) is 12.2 Å². The van der Waals surface area contributed by atoms with Crippen LogP contribution in [-0.2, 0) is 28.2 Å². The van der Waals surface area contributed by atoms with E-state index in [1.54, 1.807) is 0 Å². The van der Waals surface area contributed by atoms with Crippen molar-refractivity contribution in [1.29, 1.82) is 0 Å². The van der Waals surface area contributed by atoms with Crippen molar-refractivity contribution in [2.75, 3.05) is 13.2 Å². The van der Waals surface area contributed by atoms with Crippen LogP contribution >= 0.6 is 7.82 Å². The highest BCUT2D eigenvalue weighted by atomic mass is 31.2. The van der Waals surface area contributed by atoms with Crippen molar-refractivity contribution < 1.29 is 37.9 Å². The van der Waals surface area contributed by atoms with E-state index in [0.29, 0.717) is 6.42 Å². The minimum atomic E-state index is -4.75. The Hall–Kier alpha value is -1.21. The summed E-state index contributed by atoms with van der Waals surface area (Å²) < 4.78 is 26.4. The molecule has 0 bridgehead atoms. The molecule has 0 aromatic heterocycles. The summed E-state index contributed by atoms with van der Waals surface area (Å²) in [6.45, 7) is 3.71. The number of esters is 2. The van der Waals surface area contributed by atoms with E-state index in [-0.39, 0.29) is 19.4 Å². The Morgan fingerprint density at radius 2 is 0.808 bits per heavy atom. The summed E-state index contributed by atoms with van der Waals surface area (Å²) in [5.41, 5.74) is 0. The lowest BCUT2D eigenvalue weighted by Gasteiger charge is -2.18.